The quantitative estimate of drug-likeness (QED) is 0.653. The zero-order valence-electron chi connectivity index (χ0n) is 13.2. The summed E-state index contributed by atoms with van der Waals surface area (Å²) in [5.74, 6) is 0.753. The van der Waals surface area contributed by atoms with Crippen LogP contribution in [-0.2, 0) is 4.79 Å². The number of halogens is 2. The molecule has 0 aromatic heterocycles. The number of carbonyl (C=O) groups excluding carboxylic acids is 1. The number of hydrogen-bond acceptors (Lipinski definition) is 2. The lowest BCUT2D eigenvalue weighted by Gasteiger charge is -2.10. The van der Waals surface area contributed by atoms with Gasteiger partial charge in [0, 0.05) is 17.1 Å². The van der Waals surface area contributed by atoms with Crippen molar-refractivity contribution in [1.29, 1.82) is 0 Å². The summed E-state index contributed by atoms with van der Waals surface area (Å²) in [6, 6.07) is 11.4. The molecule has 1 amide bonds. The second-order valence-corrected chi connectivity index (χ2v) is 6.61. The minimum Gasteiger partial charge on any atom is -0.492 e. The van der Waals surface area contributed by atoms with Crippen molar-refractivity contribution in [3.05, 3.63) is 57.0 Å². The first kappa shape index (κ1) is 17.8. The Labute approximate surface area is 150 Å². The monoisotopic (exact) mass is 395 g/mol. The maximum absolute atomic E-state index is 12.0. The summed E-state index contributed by atoms with van der Waals surface area (Å²) < 4.78 is 6.61. The molecule has 1 N–H and O–H groups in total. The molecule has 0 atom stereocenters. The number of ether oxygens (including phenoxy) is 1. The lowest BCUT2D eigenvalue weighted by atomic mass is 10.2. The molecule has 0 fully saturated rings. The highest BCUT2D eigenvalue weighted by molar-refractivity contribution is 9.10. The minimum atomic E-state index is -0.0399. The molecule has 0 aliphatic carbocycles. The predicted molar refractivity (Wildman–Crippen MR) is 98.4 cm³/mol. The number of nitrogens with one attached hydrogen (secondary N) is 1. The van der Waals surface area contributed by atoms with Gasteiger partial charge < -0.3 is 10.1 Å². The summed E-state index contributed by atoms with van der Waals surface area (Å²) in [7, 11) is 0. The highest BCUT2D eigenvalue weighted by Gasteiger charge is 2.07. The average molecular weight is 397 g/mol. The standard InChI is InChI=1S/C18H19BrClNO2/c1-12-8-9-17(14(19)11-12)23-10-4-7-18(22)21-16-6-3-5-15(20)13(16)2/h3,5-6,8-9,11H,4,7,10H2,1-2H3,(H,21,22). The molecular weight excluding hydrogens is 378 g/mol. The van der Waals surface area contributed by atoms with Crippen molar-refractivity contribution < 1.29 is 9.53 Å². The van der Waals surface area contributed by atoms with Crippen LogP contribution in [0.5, 0.6) is 5.75 Å². The lowest BCUT2D eigenvalue weighted by Crippen LogP contribution is -2.13. The van der Waals surface area contributed by atoms with Crippen LogP contribution in [0.1, 0.15) is 24.0 Å². The number of rotatable bonds is 6. The third kappa shape index (κ3) is 5.26. The minimum absolute atomic E-state index is 0.0399. The molecule has 2 aromatic rings. The van der Waals surface area contributed by atoms with Gasteiger partial charge >= 0.3 is 0 Å². The molecule has 0 spiro atoms. The number of amides is 1. The average Bonchev–Trinajstić information content (AvgIpc) is 2.50. The van der Waals surface area contributed by atoms with E-state index in [1.807, 2.05) is 44.2 Å². The smallest absolute Gasteiger partial charge is 0.224 e. The van der Waals surface area contributed by atoms with Gasteiger partial charge in [-0.05, 0) is 71.6 Å². The Kier molecular flexibility index (Phi) is 6.48. The van der Waals surface area contributed by atoms with E-state index in [1.165, 1.54) is 5.56 Å². The number of hydrogen-bond donors (Lipinski definition) is 1. The van der Waals surface area contributed by atoms with Crippen molar-refractivity contribution in [3.8, 4) is 5.75 Å². The van der Waals surface area contributed by atoms with E-state index in [2.05, 4.69) is 21.2 Å². The molecule has 0 saturated heterocycles. The molecular formula is C18H19BrClNO2. The number of aryl methyl sites for hydroxylation is 1. The van der Waals surface area contributed by atoms with Gasteiger partial charge in [0.2, 0.25) is 5.91 Å². The molecule has 2 aromatic carbocycles. The van der Waals surface area contributed by atoms with E-state index < -0.39 is 0 Å². The fourth-order valence-electron chi connectivity index (χ4n) is 2.09. The molecule has 0 aliphatic heterocycles. The molecule has 2 rings (SSSR count). The van der Waals surface area contributed by atoms with E-state index >= 15 is 0 Å². The Morgan fingerprint density at radius 1 is 1.26 bits per heavy atom. The number of benzene rings is 2. The Morgan fingerprint density at radius 3 is 2.78 bits per heavy atom. The molecule has 0 aliphatic rings. The van der Waals surface area contributed by atoms with Gasteiger partial charge in [-0.1, -0.05) is 23.7 Å². The zero-order valence-corrected chi connectivity index (χ0v) is 15.5. The predicted octanol–water partition coefficient (Wildman–Crippen LogP) is 5.52. The Morgan fingerprint density at radius 2 is 2.04 bits per heavy atom. The normalized spacial score (nSPS) is 10.4. The van der Waals surface area contributed by atoms with E-state index in [4.69, 9.17) is 16.3 Å². The Bertz CT molecular complexity index is 703. The number of anilines is 1. The molecule has 0 radical (unpaired) electrons. The first-order chi connectivity index (χ1) is 11.0. The van der Waals surface area contributed by atoms with E-state index in [0.29, 0.717) is 24.5 Å². The van der Waals surface area contributed by atoms with Gasteiger partial charge in [0.25, 0.3) is 0 Å². The lowest BCUT2D eigenvalue weighted by molar-refractivity contribution is -0.116. The summed E-state index contributed by atoms with van der Waals surface area (Å²) in [5, 5.41) is 3.53. The van der Waals surface area contributed by atoms with Gasteiger partial charge in [-0.15, -0.1) is 0 Å². The summed E-state index contributed by atoms with van der Waals surface area (Å²) in [6.45, 7) is 4.40. The van der Waals surface area contributed by atoms with Crippen LogP contribution in [0.25, 0.3) is 0 Å². The highest BCUT2D eigenvalue weighted by atomic mass is 79.9. The summed E-state index contributed by atoms with van der Waals surface area (Å²) >= 11 is 9.51. The topological polar surface area (TPSA) is 38.3 Å². The molecule has 0 saturated carbocycles. The summed E-state index contributed by atoms with van der Waals surface area (Å²) in [4.78, 5) is 12.0. The van der Waals surface area contributed by atoms with Gasteiger partial charge in [-0.3, -0.25) is 4.79 Å². The van der Waals surface area contributed by atoms with Crippen molar-refractivity contribution in [1.82, 2.24) is 0 Å². The first-order valence-electron chi connectivity index (χ1n) is 7.41. The van der Waals surface area contributed by atoms with Crippen LogP contribution >= 0.6 is 27.5 Å². The second-order valence-electron chi connectivity index (χ2n) is 5.35. The van der Waals surface area contributed by atoms with Gasteiger partial charge in [0.15, 0.2) is 0 Å². The van der Waals surface area contributed by atoms with E-state index in [-0.39, 0.29) is 5.91 Å². The fourth-order valence-corrected chi connectivity index (χ4v) is 2.88. The second kappa shape index (κ2) is 8.37. The van der Waals surface area contributed by atoms with Crippen molar-refractivity contribution in [2.45, 2.75) is 26.7 Å². The number of carbonyl (C=O) groups is 1. The maximum Gasteiger partial charge on any atom is 0.224 e. The maximum atomic E-state index is 12.0. The van der Waals surface area contributed by atoms with Gasteiger partial charge in [0.05, 0.1) is 11.1 Å². The highest BCUT2D eigenvalue weighted by Crippen LogP contribution is 2.26. The Hall–Kier alpha value is -1.52. The molecule has 0 unspecified atom stereocenters. The van der Waals surface area contributed by atoms with Crippen LogP contribution in [-0.4, -0.2) is 12.5 Å². The fraction of sp³-hybridized carbons (Fsp3) is 0.278. The molecule has 122 valence electrons. The van der Waals surface area contributed by atoms with Crippen LogP contribution in [0, 0.1) is 13.8 Å². The van der Waals surface area contributed by atoms with Gasteiger partial charge in [0.1, 0.15) is 5.75 Å². The van der Waals surface area contributed by atoms with Crippen molar-refractivity contribution >= 4 is 39.1 Å². The van der Waals surface area contributed by atoms with Gasteiger partial charge in [-0.2, -0.15) is 0 Å². The third-order valence-electron chi connectivity index (χ3n) is 3.43. The molecule has 0 bridgehead atoms. The van der Waals surface area contributed by atoms with Crippen LogP contribution in [0.3, 0.4) is 0 Å². The van der Waals surface area contributed by atoms with E-state index in [9.17, 15) is 4.79 Å². The van der Waals surface area contributed by atoms with Crippen LogP contribution in [0.2, 0.25) is 5.02 Å². The molecule has 0 heterocycles. The first-order valence-corrected chi connectivity index (χ1v) is 8.58. The van der Waals surface area contributed by atoms with E-state index in [0.717, 1.165) is 21.5 Å². The van der Waals surface area contributed by atoms with Crippen molar-refractivity contribution in [3.63, 3.8) is 0 Å². The SMILES string of the molecule is Cc1ccc(OCCCC(=O)Nc2cccc(Cl)c2C)c(Br)c1. The largest absolute Gasteiger partial charge is 0.492 e. The van der Waals surface area contributed by atoms with Crippen molar-refractivity contribution in [2.24, 2.45) is 0 Å². The van der Waals surface area contributed by atoms with Gasteiger partial charge in [-0.25, -0.2) is 0 Å². The molecule has 23 heavy (non-hydrogen) atoms. The van der Waals surface area contributed by atoms with Crippen molar-refractivity contribution in [2.75, 3.05) is 11.9 Å². The van der Waals surface area contributed by atoms with Crippen LogP contribution < -0.4 is 10.1 Å². The molecule has 5 heteroatoms. The molecule has 3 nitrogen and oxygen atoms in total. The summed E-state index contributed by atoms with van der Waals surface area (Å²) in [5.41, 5.74) is 2.80. The zero-order chi connectivity index (χ0) is 16.8. The Balaban J connectivity index is 1.78. The third-order valence-corrected chi connectivity index (χ3v) is 4.46. The van der Waals surface area contributed by atoms with Crippen LogP contribution in [0.4, 0.5) is 5.69 Å². The van der Waals surface area contributed by atoms with E-state index in [1.54, 1.807) is 6.07 Å². The summed E-state index contributed by atoms with van der Waals surface area (Å²) in [6.07, 6.45) is 1.04. The van der Waals surface area contributed by atoms with Crippen LogP contribution in [0.15, 0.2) is 40.9 Å².